The minimum Gasteiger partial charge on any atom is -0.493 e. The zero-order chi connectivity index (χ0) is 22.8. The molecule has 0 aliphatic carbocycles. The molecule has 2 aromatic carbocycles. The summed E-state index contributed by atoms with van der Waals surface area (Å²) in [5, 5.41) is 10.6. The van der Waals surface area contributed by atoms with Gasteiger partial charge in [0.2, 0.25) is 0 Å². The molecule has 32 heavy (non-hydrogen) atoms. The average Bonchev–Trinajstić information content (AvgIpc) is 3.01. The van der Waals surface area contributed by atoms with Crippen molar-refractivity contribution in [2.75, 3.05) is 60.0 Å². The third kappa shape index (κ3) is 7.78. The molecule has 6 nitrogen and oxygen atoms in total. The van der Waals surface area contributed by atoms with Gasteiger partial charge in [-0.05, 0) is 56.4 Å². The molecule has 6 heteroatoms. The maximum atomic E-state index is 10.6. The predicted molar refractivity (Wildman–Crippen MR) is 129 cm³/mol. The second kappa shape index (κ2) is 12.8. The molecule has 0 amide bonds. The fraction of sp³-hybridized carbons (Fsp3) is 0.538. The molecule has 176 valence electrons. The standard InChI is InChI=1S/C26H39N3O3/c1-4-28(18-22-9-6-5-7-10-22)19-23-11-12-25(31-3)26(17-23)32-21-24(30)20-29-14-8-13-27(2)15-16-29/h5-7,9-12,17,24,30H,4,8,13-16,18-21H2,1-3H3. The Labute approximate surface area is 193 Å². The van der Waals surface area contributed by atoms with Crippen molar-refractivity contribution < 1.29 is 14.6 Å². The number of aliphatic hydroxyl groups excluding tert-OH is 1. The quantitative estimate of drug-likeness (QED) is 0.578. The van der Waals surface area contributed by atoms with Gasteiger partial charge in [-0.1, -0.05) is 43.3 Å². The molecular weight excluding hydrogens is 402 g/mol. The molecule has 1 heterocycles. The van der Waals surface area contributed by atoms with Crippen LogP contribution in [0.1, 0.15) is 24.5 Å². The number of hydrogen-bond acceptors (Lipinski definition) is 6. The van der Waals surface area contributed by atoms with Crippen molar-refractivity contribution in [3.63, 3.8) is 0 Å². The Hall–Kier alpha value is -2.12. The van der Waals surface area contributed by atoms with Gasteiger partial charge in [0.05, 0.1) is 7.11 Å². The molecule has 0 aromatic heterocycles. The van der Waals surface area contributed by atoms with Gasteiger partial charge in [-0.2, -0.15) is 0 Å². The summed E-state index contributed by atoms with van der Waals surface area (Å²) < 4.78 is 11.5. The van der Waals surface area contributed by atoms with Crippen LogP contribution >= 0.6 is 0 Å². The minimum atomic E-state index is -0.531. The topological polar surface area (TPSA) is 48.4 Å². The number of hydrogen-bond donors (Lipinski definition) is 1. The number of nitrogens with zero attached hydrogens (tertiary/aromatic N) is 3. The number of aliphatic hydroxyl groups is 1. The molecular formula is C26H39N3O3. The maximum Gasteiger partial charge on any atom is 0.161 e. The molecule has 0 spiro atoms. The van der Waals surface area contributed by atoms with Crippen LogP contribution in [-0.2, 0) is 13.1 Å². The van der Waals surface area contributed by atoms with Crippen molar-refractivity contribution in [3.05, 3.63) is 59.7 Å². The molecule has 3 rings (SSSR count). The number of β-amino-alcohol motifs (C(OH)–C–C–N with tert-alkyl or cyclic N) is 1. The van der Waals surface area contributed by atoms with E-state index in [9.17, 15) is 5.11 Å². The van der Waals surface area contributed by atoms with Gasteiger partial charge in [-0.25, -0.2) is 0 Å². The Morgan fingerprint density at radius 2 is 1.75 bits per heavy atom. The second-order valence-electron chi connectivity index (χ2n) is 8.70. The summed E-state index contributed by atoms with van der Waals surface area (Å²) in [4.78, 5) is 7.07. The summed E-state index contributed by atoms with van der Waals surface area (Å²) in [6.07, 6.45) is 0.605. The molecule has 0 radical (unpaired) electrons. The van der Waals surface area contributed by atoms with E-state index in [1.165, 1.54) is 11.1 Å². The summed E-state index contributed by atoms with van der Waals surface area (Å²) in [7, 11) is 3.81. The van der Waals surface area contributed by atoms with Crippen molar-refractivity contribution in [2.45, 2.75) is 32.5 Å². The molecule has 1 aliphatic rings. The minimum absolute atomic E-state index is 0.258. The van der Waals surface area contributed by atoms with Crippen LogP contribution in [0.15, 0.2) is 48.5 Å². The predicted octanol–water partition coefficient (Wildman–Crippen LogP) is 3.09. The van der Waals surface area contributed by atoms with E-state index in [-0.39, 0.29) is 6.61 Å². The molecule has 1 saturated heterocycles. The van der Waals surface area contributed by atoms with E-state index >= 15 is 0 Å². The number of ether oxygens (including phenoxy) is 2. The Kier molecular flexibility index (Phi) is 9.81. The first-order valence-corrected chi connectivity index (χ1v) is 11.7. The first kappa shape index (κ1) is 24.5. The molecule has 0 saturated carbocycles. The lowest BCUT2D eigenvalue weighted by atomic mass is 10.1. The van der Waals surface area contributed by atoms with Gasteiger partial charge >= 0.3 is 0 Å². The largest absolute Gasteiger partial charge is 0.493 e. The van der Waals surface area contributed by atoms with E-state index in [0.717, 1.165) is 52.2 Å². The lowest BCUT2D eigenvalue weighted by Crippen LogP contribution is -2.37. The van der Waals surface area contributed by atoms with E-state index in [4.69, 9.17) is 9.47 Å². The van der Waals surface area contributed by atoms with Crippen molar-refractivity contribution in [1.82, 2.24) is 14.7 Å². The third-order valence-electron chi connectivity index (χ3n) is 6.04. The monoisotopic (exact) mass is 441 g/mol. The summed E-state index contributed by atoms with van der Waals surface area (Å²) >= 11 is 0. The second-order valence-corrected chi connectivity index (χ2v) is 8.70. The molecule has 1 N–H and O–H groups in total. The van der Waals surface area contributed by atoms with Crippen molar-refractivity contribution in [3.8, 4) is 11.5 Å². The summed E-state index contributed by atoms with van der Waals surface area (Å²) in [6, 6.07) is 16.6. The van der Waals surface area contributed by atoms with Gasteiger partial charge in [-0.3, -0.25) is 9.80 Å². The number of benzene rings is 2. The van der Waals surface area contributed by atoms with Crippen LogP contribution in [0, 0.1) is 0 Å². The van der Waals surface area contributed by atoms with Gasteiger partial charge in [0.25, 0.3) is 0 Å². The molecule has 2 aromatic rings. The smallest absolute Gasteiger partial charge is 0.161 e. The van der Waals surface area contributed by atoms with Crippen LogP contribution in [0.2, 0.25) is 0 Å². The Balaban J connectivity index is 1.56. The lowest BCUT2D eigenvalue weighted by molar-refractivity contribution is 0.0685. The van der Waals surface area contributed by atoms with E-state index in [1.54, 1.807) is 7.11 Å². The van der Waals surface area contributed by atoms with Crippen LogP contribution in [0.25, 0.3) is 0 Å². The van der Waals surface area contributed by atoms with Crippen LogP contribution in [0.4, 0.5) is 0 Å². The van der Waals surface area contributed by atoms with E-state index in [0.29, 0.717) is 18.0 Å². The van der Waals surface area contributed by atoms with Gasteiger partial charge < -0.3 is 19.5 Å². The third-order valence-corrected chi connectivity index (χ3v) is 6.04. The van der Waals surface area contributed by atoms with Crippen LogP contribution in [0.5, 0.6) is 11.5 Å². The zero-order valence-corrected chi connectivity index (χ0v) is 19.9. The average molecular weight is 442 g/mol. The van der Waals surface area contributed by atoms with Crippen LogP contribution in [0.3, 0.4) is 0 Å². The summed E-state index contributed by atoms with van der Waals surface area (Å²) in [5.41, 5.74) is 2.48. The van der Waals surface area contributed by atoms with Crippen molar-refractivity contribution in [1.29, 1.82) is 0 Å². The summed E-state index contributed by atoms with van der Waals surface area (Å²) in [6.45, 7) is 9.94. The Bertz CT molecular complexity index is 802. The Morgan fingerprint density at radius 1 is 0.969 bits per heavy atom. The Morgan fingerprint density at radius 3 is 2.50 bits per heavy atom. The van der Waals surface area contributed by atoms with Gasteiger partial charge in [0.15, 0.2) is 11.5 Å². The number of likely N-dealkylation sites (N-methyl/N-ethyl adjacent to an activating group) is 1. The highest BCUT2D eigenvalue weighted by Gasteiger charge is 2.17. The summed E-state index contributed by atoms with van der Waals surface area (Å²) in [5.74, 6) is 1.39. The molecule has 1 unspecified atom stereocenters. The highest BCUT2D eigenvalue weighted by Crippen LogP contribution is 2.29. The highest BCUT2D eigenvalue weighted by atomic mass is 16.5. The van der Waals surface area contributed by atoms with Crippen molar-refractivity contribution >= 4 is 0 Å². The van der Waals surface area contributed by atoms with Gasteiger partial charge in [-0.15, -0.1) is 0 Å². The number of rotatable bonds is 11. The van der Waals surface area contributed by atoms with Crippen LogP contribution < -0.4 is 9.47 Å². The molecule has 1 aliphatic heterocycles. The maximum absolute atomic E-state index is 10.6. The first-order chi connectivity index (χ1) is 15.6. The van der Waals surface area contributed by atoms with Crippen molar-refractivity contribution in [2.24, 2.45) is 0 Å². The fourth-order valence-corrected chi connectivity index (χ4v) is 4.13. The zero-order valence-electron chi connectivity index (χ0n) is 19.9. The molecule has 1 atom stereocenters. The van der Waals surface area contributed by atoms with Gasteiger partial charge in [0, 0.05) is 32.7 Å². The molecule has 1 fully saturated rings. The van der Waals surface area contributed by atoms with E-state index in [1.807, 2.05) is 18.2 Å². The number of methoxy groups -OCH3 is 1. The van der Waals surface area contributed by atoms with Crippen LogP contribution in [-0.4, -0.2) is 85.9 Å². The molecule has 0 bridgehead atoms. The van der Waals surface area contributed by atoms with E-state index < -0.39 is 6.10 Å². The lowest BCUT2D eigenvalue weighted by Gasteiger charge is -2.24. The van der Waals surface area contributed by atoms with E-state index in [2.05, 4.69) is 59.0 Å². The highest BCUT2D eigenvalue weighted by molar-refractivity contribution is 5.43. The SMILES string of the molecule is CCN(Cc1ccccc1)Cc1ccc(OC)c(OCC(O)CN2CCCN(C)CC2)c1. The van der Waals surface area contributed by atoms with Gasteiger partial charge in [0.1, 0.15) is 12.7 Å². The fourth-order valence-electron chi connectivity index (χ4n) is 4.13. The first-order valence-electron chi connectivity index (χ1n) is 11.7. The normalized spacial score (nSPS) is 16.7.